The van der Waals surface area contributed by atoms with Gasteiger partial charge in [-0.25, -0.2) is 0 Å². The van der Waals surface area contributed by atoms with Crippen LogP contribution in [0.15, 0.2) is 0 Å². The van der Waals surface area contributed by atoms with Crippen LogP contribution in [0.1, 0.15) is 39.0 Å². The third-order valence-electron chi connectivity index (χ3n) is 4.89. The van der Waals surface area contributed by atoms with Gasteiger partial charge in [0.2, 0.25) is 5.91 Å². The minimum atomic E-state index is -4.18. The summed E-state index contributed by atoms with van der Waals surface area (Å²) in [5.41, 5.74) is 5.70. The molecular formula is C14H23F3N2O. The predicted molar refractivity (Wildman–Crippen MR) is 69.8 cm³/mol. The molecule has 3 nitrogen and oxygen atoms in total. The van der Waals surface area contributed by atoms with Gasteiger partial charge in [-0.15, -0.1) is 0 Å². The Bertz CT molecular complexity index is 359. The number of carbonyl (C=O) groups is 1. The van der Waals surface area contributed by atoms with E-state index in [1.807, 2.05) is 6.92 Å². The van der Waals surface area contributed by atoms with E-state index in [1.165, 1.54) is 0 Å². The zero-order valence-electron chi connectivity index (χ0n) is 11.8. The van der Waals surface area contributed by atoms with Crippen LogP contribution in [0.4, 0.5) is 13.2 Å². The summed E-state index contributed by atoms with van der Waals surface area (Å²) in [6.45, 7) is 3.07. The number of halogens is 3. The average molecular weight is 292 g/mol. The van der Waals surface area contributed by atoms with Gasteiger partial charge in [-0.1, -0.05) is 13.3 Å². The lowest BCUT2D eigenvalue weighted by atomic mass is 9.80. The summed E-state index contributed by atoms with van der Waals surface area (Å²) in [7, 11) is 0. The second kappa shape index (κ2) is 5.92. The van der Waals surface area contributed by atoms with Crippen molar-refractivity contribution in [1.82, 2.24) is 4.90 Å². The van der Waals surface area contributed by atoms with Crippen molar-refractivity contribution >= 4 is 5.91 Å². The monoisotopic (exact) mass is 292 g/mol. The molecule has 4 atom stereocenters. The van der Waals surface area contributed by atoms with Crippen molar-refractivity contribution in [3.05, 3.63) is 0 Å². The van der Waals surface area contributed by atoms with Crippen molar-refractivity contribution in [1.29, 1.82) is 0 Å². The van der Waals surface area contributed by atoms with E-state index in [0.29, 0.717) is 31.8 Å². The fourth-order valence-electron chi connectivity index (χ4n) is 3.59. The standard InChI is InChI=1S/C14H23F3N2O/c1-9-5-6-19(12(9)8-18)13(20)10-3-2-4-11(7-10)14(15,16)17/h9-12H,2-8,18H2,1H3. The third-order valence-corrected chi connectivity index (χ3v) is 4.89. The fourth-order valence-corrected chi connectivity index (χ4v) is 3.59. The lowest BCUT2D eigenvalue weighted by molar-refractivity contribution is -0.187. The molecule has 0 spiro atoms. The minimum Gasteiger partial charge on any atom is -0.338 e. The highest BCUT2D eigenvalue weighted by Gasteiger charge is 2.45. The highest BCUT2D eigenvalue weighted by atomic mass is 19.4. The summed E-state index contributed by atoms with van der Waals surface area (Å²) in [4.78, 5) is 14.2. The maximum Gasteiger partial charge on any atom is 0.391 e. The van der Waals surface area contributed by atoms with E-state index in [9.17, 15) is 18.0 Å². The molecule has 1 saturated carbocycles. The maximum atomic E-state index is 12.8. The molecule has 1 heterocycles. The van der Waals surface area contributed by atoms with Gasteiger partial charge < -0.3 is 10.6 Å². The lowest BCUT2D eigenvalue weighted by Gasteiger charge is -2.34. The summed E-state index contributed by atoms with van der Waals surface area (Å²) in [6, 6.07) is -0.00577. The van der Waals surface area contributed by atoms with Crippen LogP contribution in [0.25, 0.3) is 0 Å². The van der Waals surface area contributed by atoms with Gasteiger partial charge in [-0.2, -0.15) is 13.2 Å². The topological polar surface area (TPSA) is 46.3 Å². The van der Waals surface area contributed by atoms with Crippen molar-refractivity contribution in [2.24, 2.45) is 23.5 Å². The van der Waals surface area contributed by atoms with Crippen LogP contribution in [0, 0.1) is 17.8 Å². The molecule has 0 aromatic heterocycles. The number of hydrogen-bond acceptors (Lipinski definition) is 2. The second-order valence-electron chi connectivity index (χ2n) is 6.20. The van der Waals surface area contributed by atoms with Crippen molar-refractivity contribution in [3.8, 4) is 0 Å². The van der Waals surface area contributed by atoms with Crippen molar-refractivity contribution in [2.75, 3.05) is 13.1 Å². The van der Waals surface area contributed by atoms with Crippen molar-refractivity contribution in [3.63, 3.8) is 0 Å². The quantitative estimate of drug-likeness (QED) is 0.850. The van der Waals surface area contributed by atoms with Gasteiger partial charge in [-0.05, 0) is 31.6 Å². The molecule has 0 bridgehead atoms. The molecule has 0 radical (unpaired) electrons. The predicted octanol–water partition coefficient (Wildman–Crippen LogP) is 2.55. The number of rotatable bonds is 2. The average Bonchev–Trinajstić information content (AvgIpc) is 2.78. The molecule has 1 saturated heterocycles. The van der Waals surface area contributed by atoms with Crippen LogP contribution in [0.5, 0.6) is 0 Å². The van der Waals surface area contributed by atoms with E-state index in [-0.39, 0.29) is 24.8 Å². The third kappa shape index (κ3) is 3.10. The first-order valence-corrected chi connectivity index (χ1v) is 7.41. The number of nitrogens with two attached hydrogens (primary N) is 1. The number of nitrogens with zero attached hydrogens (tertiary/aromatic N) is 1. The Labute approximate surface area is 117 Å². The van der Waals surface area contributed by atoms with Gasteiger partial charge in [-0.3, -0.25) is 4.79 Å². The molecular weight excluding hydrogens is 269 g/mol. The molecule has 0 aromatic rings. The highest BCUT2D eigenvalue weighted by molar-refractivity contribution is 5.79. The van der Waals surface area contributed by atoms with Gasteiger partial charge in [0.15, 0.2) is 0 Å². The van der Waals surface area contributed by atoms with Gasteiger partial charge >= 0.3 is 6.18 Å². The summed E-state index contributed by atoms with van der Waals surface area (Å²) in [5, 5.41) is 0. The minimum absolute atomic E-state index is 0.00577. The summed E-state index contributed by atoms with van der Waals surface area (Å²) < 4.78 is 38.4. The summed E-state index contributed by atoms with van der Waals surface area (Å²) in [5.74, 6) is -1.57. The van der Waals surface area contributed by atoms with E-state index in [4.69, 9.17) is 5.73 Å². The molecule has 1 aliphatic heterocycles. The van der Waals surface area contributed by atoms with E-state index >= 15 is 0 Å². The Morgan fingerprint density at radius 2 is 2.00 bits per heavy atom. The van der Waals surface area contributed by atoms with E-state index in [2.05, 4.69) is 0 Å². The van der Waals surface area contributed by atoms with Gasteiger partial charge in [0, 0.05) is 25.0 Å². The van der Waals surface area contributed by atoms with Crippen LogP contribution in [0.3, 0.4) is 0 Å². The lowest BCUT2D eigenvalue weighted by Crippen LogP contribution is -2.46. The maximum absolute atomic E-state index is 12.8. The molecule has 20 heavy (non-hydrogen) atoms. The molecule has 116 valence electrons. The molecule has 6 heteroatoms. The van der Waals surface area contributed by atoms with Crippen molar-refractivity contribution < 1.29 is 18.0 Å². The van der Waals surface area contributed by atoms with Crippen molar-refractivity contribution in [2.45, 2.75) is 51.2 Å². The number of carbonyl (C=O) groups excluding carboxylic acids is 1. The fraction of sp³-hybridized carbons (Fsp3) is 0.929. The number of alkyl halides is 3. The molecule has 1 aliphatic carbocycles. The Morgan fingerprint density at radius 1 is 1.30 bits per heavy atom. The molecule has 2 fully saturated rings. The molecule has 0 aromatic carbocycles. The zero-order chi connectivity index (χ0) is 14.9. The Hall–Kier alpha value is -0.780. The Morgan fingerprint density at radius 3 is 2.60 bits per heavy atom. The normalized spacial score (nSPS) is 35.4. The van der Waals surface area contributed by atoms with E-state index in [0.717, 1.165) is 6.42 Å². The Kier molecular flexibility index (Phi) is 4.62. The van der Waals surface area contributed by atoms with Gasteiger partial charge in [0.1, 0.15) is 0 Å². The number of likely N-dealkylation sites (tertiary alicyclic amines) is 1. The summed E-state index contributed by atoms with van der Waals surface area (Å²) >= 11 is 0. The first-order chi connectivity index (χ1) is 9.34. The highest BCUT2D eigenvalue weighted by Crippen LogP contribution is 2.41. The van der Waals surface area contributed by atoms with Crippen LogP contribution in [-0.2, 0) is 4.79 Å². The molecule has 2 N–H and O–H groups in total. The van der Waals surface area contributed by atoms with E-state index in [1.54, 1.807) is 4.90 Å². The first-order valence-electron chi connectivity index (χ1n) is 7.41. The Balaban J connectivity index is 2.02. The van der Waals surface area contributed by atoms with Gasteiger partial charge in [0.25, 0.3) is 0 Å². The zero-order valence-corrected chi connectivity index (χ0v) is 11.8. The molecule has 1 amide bonds. The van der Waals surface area contributed by atoms with Crippen LogP contribution in [0.2, 0.25) is 0 Å². The SMILES string of the molecule is CC1CCN(C(=O)C2CCCC(C(F)(F)F)C2)C1CN. The second-order valence-corrected chi connectivity index (χ2v) is 6.20. The molecule has 4 unspecified atom stereocenters. The van der Waals surface area contributed by atoms with Gasteiger partial charge in [0.05, 0.1) is 5.92 Å². The first kappa shape index (κ1) is 15.6. The molecule has 2 aliphatic rings. The van der Waals surface area contributed by atoms with Crippen LogP contribution < -0.4 is 5.73 Å². The largest absolute Gasteiger partial charge is 0.391 e. The number of hydrogen-bond donors (Lipinski definition) is 1. The van der Waals surface area contributed by atoms with E-state index < -0.39 is 18.0 Å². The molecule has 2 rings (SSSR count). The van der Waals surface area contributed by atoms with Crippen LogP contribution in [-0.4, -0.2) is 36.1 Å². The number of amides is 1. The smallest absolute Gasteiger partial charge is 0.338 e. The summed E-state index contributed by atoms with van der Waals surface area (Å²) in [6.07, 6.45) is -2.12. The van der Waals surface area contributed by atoms with Crippen LogP contribution >= 0.6 is 0 Å².